The van der Waals surface area contributed by atoms with Crippen LogP contribution in [0.2, 0.25) is 0 Å². The number of anilines is 2. The minimum atomic E-state index is -4.62. The number of nitrogens with zero attached hydrogens (tertiary/aromatic N) is 8. The Kier molecular flexibility index (Phi) is 7.43. The van der Waals surface area contributed by atoms with Crippen molar-refractivity contribution in [2.45, 2.75) is 49.2 Å². The first-order valence-electron chi connectivity index (χ1n) is 12.7. The smallest absolute Gasteiger partial charge is 0.325 e. The normalized spacial score (nSPS) is 38.2. The predicted molar refractivity (Wildman–Crippen MR) is 149 cm³/mol. The lowest BCUT2D eigenvalue weighted by atomic mass is 10.1. The molecule has 232 valence electrons. The third kappa shape index (κ3) is 5.18. The number of hydrogen-bond acceptors (Lipinski definition) is 16. The fraction of sp³-hybridized carbons (Fsp3) is 0.500. The van der Waals surface area contributed by atoms with Gasteiger partial charge < -0.3 is 39.4 Å². The maximum absolute atomic E-state index is 16.0. The maximum atomic E-state index is 16.0. The summed E-state index contributed by atoms with van der Waals surface area (Å²) < 4.78 is 81.0. The maximum Gasteiger partial charge on any atom is 0.325 e. The largest absolute Gasteiger partial charge is 0.382 e. The number of nitrogen functional groups attached to an aromatic ring is 2. The summed E-state index contributed by atoms with van der Waals surface area (Å²) in [7, 11) is 1.26. The summed E-state index contributed by atoms with van der Waals surface area (Å²) in [5.74, 6) is 0.0925. The molecule has 3 aliphatic heterocycles. The molecule has 0 amide bonds. The van der Waals surface area contributed by atoms with Crippen LogP contribution in [0, 0.1) is 0 Å². The van der Waals surface area contributed by atoms with E-state index < -0.39 is 76.6 Å². The zero-order valence-electron chi connectivity index (χ0n) is 22.0. The van der Waals surface area contributed by atoms with E-state index in [-0.39, 0.29) is 34.0 Å². The van der Waals surface area contributed by atoms with Crippen molar-refractivity contribution in [2.24, 2.45) is 0 Å². The quantitative estimate of drug-likeness (QED) is 0.196. The van der Waals surface area contributed by atoms with E-state index in [1.54, 1.807) is 0 Å². The first-order valence-corrected chi connectivity index (χ1v) is 16.9. The summed E-state index contributed by atoms with van der Waals surface area (Å²) in [5, 5.41) is 0. The highest BCUT2D eigenvalue weighted by Gasteiger charge is 2.53. The summed E-state index contributed by atoms with van der Waals surface area (Å²) in [4.78, 5) is 35.0. The molecule has 7 heterocycles. The van der Waals surface area contributed by atoms with Gasteiger partial charge in [-0.25, -0.2) is 38.7 Å². The van der Waals surface area contributed by atoms with E-state index in [1.807, 2.05) is 0 Å². The van der Waals surface area contributed by atoms with Gasteiger partial charge in [-0.1, -0.05) is 0 Å². The third-order valence-electron chi connectivity index (χ3n) is 7.20. The highest BCUT2D eigenvalue weighted by Crippen LogP contribution is 2.54. The van der Waals surface area contributed by atoms with Crippen LogP contribution in [0.1, 0.15) is 12.5 Å². The van der Waals surface area contributed by atoms with Gasteiger partial charge in [0.1, 0.15) is 48.1 Å². The fourth-order valence-electron chi connectivity index (χ4n) is 5.19. The lowest BCUT2D eigenvalue weighted by Crippen LogP contribution is -2.34. The van der Waals surface area contributed by atoms with Crippen LogP contribution in [0.25, 0.3) is 22.3 Å². The Labute approximate surface area is 251 Å². The Morgan fingerprint density at radius 3 is 2.05 bits per heavy atom. The van der Waals surface area contributed by atoms with Gasteiger partial charge in [-0.3, -0.25) is 18.2 Å². The molecule has 10 atom stereocenters. The summed E-state index contributed by atoms with van der Waals surface area (Å²) in [6.07, 6.45) is -8.26. The van der Waals surface area contributed by atoms with E-state index in [4.69, 9.17) is 58.4 Å². The van der Waals surface area contributed by atoms with E-state index in [2.05, 4.69) is 29.9 Å². The molecule has 7 rings (SSSR count). The molecule has 2 bridgehead atoms. The first-order chi connectivity index (χ1) is 20.9. The number of nitrogens with two attached hydrogens (primary N) is 2. The van der Waals surface area contributed by atoms with E-state index in [0.29, 0.717) is 0 Å². The Morgan fingerprint density at radius 2 is 1.41 bits per heavy atom. The number of fused-ring (bicyclic) bond motifs is 5. The zero-order chi connectivity index (χ0) is 31.0. The van der Waals surface area contributed by atoms with Crippen LogP contribution in [0.4, 0.5) is 20.4 Å². The van der Waals surface area contributed by atoms with E-state index in [9.17, 15) is 9.46 Å². The Balaban J connectivity index is 1.20. The molecular formula is C20H21BF2N10O8P2S. The highest BCUT2D eigenvalue weighted by molar-refractivity contribution is 8.07. The average Bonchev–Trinajstić information content (AvgIpc) is 3.73. The number of rotatable bonds is 2. The van der Waals surface area contributed by atoms with Crippen LogP contribution in [-0.4, -0.2) is 101 Å². The number of aromatic nitrogens is 8. The number of imidazole rings is 2. The molecule has 4 aromatic heterocycles. The van der Waals surface area contributed by atoms with Crippen molar-refractivity contribution in [1.82, 2.24) is 39.0 Å². The van der Waals surface area contributed by atoms with E-state index >= 15 is 8.78 Å². The molecule has 24 heteroatoms. The van der Waals surface area contributed by atoms with Crippen molar-refractivity contribution in [3.05, 3.63) is 25.3 Å². The zero-order valence-corrected chi connectivity index (χ0v) is 24.6. The second-order valence-corrected chi connectivity index (χ2v) is 14.3. The summed E-state index contributed by atoms with van der Waals surface area (Å²) in [6, 6.07) is 0. The van der Waals surface area contributed by atoms with Gasteiger partial charge in [0.15, 0.2) is 47.7 Å². The lowest BCUT2D eigenvalue weighted by Gasteiger charge is -2.27. The summed E-state index contributed by atoms with van der Waals surface area (Å²) in [5.41, 5.74) is 12.4. The molecule has 0 saturated carbocycles. The lowest BCUT2D eigenvalue weighted by molar-refractivity contribution is -0.0580. The molecule has 3 aliphatic rings. The number of ether oxygens (including phenoxy) is 2. The van der Waals surface area contributed by atoms with Gasteiger partial charge in [-0.2, -0.15) is 0 Å². The molecule has 4 aromatic rings. The van der Waals surface area contributed by atoms with Gasteiger partial charge in [0.25, 0.3) is 7.47 Å². The van der Waals surface area contributed by atoms with Crippen molar-refractivity contribution in [3.63, 3.8) is 0 Å². The van der Waals surface area contributed by atoms with Gasteiger partial charge in [0.2, 0.25) is 7.57 Å². The van der Waals surface area contributed by atoms with Gasteiger partial charge in [-0.15, -0.1) is 0 Å². The molecule has 0 aromatic carbocycles. The second kappa shape index (κ2) is 10.9. The van der Waals surface area contributed by atoms with Crippen molar-refractivity contribution < 1.29 is 45.8 Å². The minimum Gasteiger partial charge on any atom is -0.382 e. The number of halogens is 2. The first kappa shape index (κ1) is 29.9. The van der Waals surface area contributed by atoms with E-state index in [1.165, 1.54) is 21.8 Å². The van der Waals surface area contributed by atoms with Crippen LogP contribution >= 0.6 is 14.2 Å². The van der Waals surface area contributed by atoms with Gasteiger partial charge >= 0.3 is 6.72 Å². The van der Waals surface area contributed by atoms with Crippen molar-refractivity contribution in [2.75, 3.05) is 24.7 Å². The van der Waals surface area contributed by atoms with Crippen molar-refractivity contribution in [3.8, 4) is 0 Å². The Hall–Kier alpha value is -2.78. The summed E-state index contributed by atoms with van der Waals surface area (Å²) >= 11 is 5.12. The van der Waals surface area contributed by atoms with Crippen LogP contribution in [0.5, 0.6) is 0 Å². The van der Waals surface area contributed by atoms with Crippen molar-refractivity contribution in [1.29, 1.82) is 0 Å². The topological polar surface area (TPSA) is 232 Å². The summed E-state index contributed by atoms with van der Waals surface area (Å²) in [6.45, 7) is -5.67. The third-order valence-corrected chi connectivity index (χ3v) is 9.80. The standard InChI is InChI=1S/C20H21BF2N10O8P2S/c21-42(34)36-2-8-13(10(23)19(39-8)32-5-30-11-15(24)26-3-28-17(11)32)41-43(35,44)37-1-7-9(22)14(40-42)20(38-7)33-6-31-12-16(25)27-4-29-18(12)33/h3-10,13-14,19-20H,1-2H2,(H,35,44)(H2,24,26,28)(H2,25,27,29)/t7-,8-,9+,10-,13-,14-,19-,20-,42?,43?/m1/s1. The molecular weight excluding hydrogens is 651 g/mol. The van der Waals surface area contributed by atoms with Crippen LogP contribution in [0.15, 0.2) is 25.3 Å². The van der Waals surface area contributed by atoms with Gasteiger partial charge in [0, 0.05) is 0 Å². The molecule has 2 unspecified atom stereocenters. The molecule has 2 radical (unpaired) electrons. The molecule has 3 fully saturated rings. The monoisotopic (exact) mass is 672 g/mol. The number of alkyl halides is 2. The second-order valence-electron chi connectivity index (χ2n) is 9.92. The molecule has 44 heavy (non-hydrogen) atoms. The number of hydrogen-bond donors (Lipinski definition) is 3. The van der Waals surface area contributed by atoms with Gasteiger partial charge in [0.05, 0.1) is 25.9 Å². The molecule has 5 N–H and O–H groups in total. The SMILES string of the molecule is [B]P1(=O)OC[C@H]2O[C@@H](n3cnc4c(N)ncnc43)[C@H](F)[C@@H]2OP(O)(=S)OC[C@H]2O[C@@H](n3cnc4c(N)ncnc43)[C@H](O1)[C@H]2F. The van der Waals surface area contributed by atoms with E-state index in [0.717, 1.165) is 12.7 Å². The Bertz CT molecular complexity index is 1840. The van der Waals surface area contributed by atoms with Crippen molar-refractivity contribution >= 4 is 67.5 Å². The fourth-order valence-corrected chi connectivity index (χ4v) is 7.60. The Morgan fingerprint density at radius 1 is 0.841 bits per heavy atom. The predicted octanol–water partition coefficient (Wildman–Crippen LogP) is 0.612. The van der Waals surface area contributed by atoms with Crippen LogP contribution in [-0.2, 0) is 43.9 Å². The van der Waals surface area contributed by atoms with Crippen LogP contribution < -0.4 is 11.5 Å². The minimum absolute atomic E-state index is 0.0455. The highest BCUT2D eigenvalue weighted by atomic mass is 32.5. The van der Waals surface area contributed by atoms with Gasteiger partial charge in [-0.05, 0) is 11.8 Å². The molecule has 0 spiro atoms. The van der Waals surface area contributed by atoms with Crippen LogP contribution in [0.3, 0.4) is 0 Å². The molecule has 0 aliphatic carbocycles. The average molecular weight is 672 g/mol. The molecule has 3 saturated heterocycles. The molecule has 18 nitrogen and oxygen atoms in total.